The van der Waals surface area contributed by atoms with Crippen LogP contribution in [0.1, 0.15) is 11.1 Å². The molecule has 1 aliphatic rings. The van der Waals surface area contributed by atoms with Crippen molar-refractivity contribution in [2.24, 2.45) is 0 Å². The first-order chi connectivity index (χ1) is 7.79. The molecule has 2 aromatic rings. The molecule has 2 aromatic carbocycles. The Morgan fingerprint density at radius 1 is 0.625 bits per heavy atom. The topological polar surface area (TPSA) is 0 Å². The number of benzene rings is 2. The molecule has 16 heavy (non-hydrogen) atoms. The zero-order valence-corrected chi connectivity index (χ0v) is 8.37. The molecular weight excluding hydrogens is 206 g/mol. The van der Waals surface area contributed by atoms with Gasteiger partial charge in [-0.25, -0.2) is 0 Å². The largest absolute Gasteiger partial charge is 0.278 e. The average molecular weight is 214 g/mol. The lowest BCUT2D eigenvalue weighted by Gasteiger charge is -1.99. The van der Waals surface area contributed by atoms with Crippen LogP contribution in [0.15, 0.2) is 54.6 Å². The molecule has 0 aliphatic heterocycles. The summed E-state index contributed by atoms with van der Waals surface area (Å²) in [5, 5.41) is 0. The fourth-order valence-electron chi connectivity index (χ4n) is 2.22. The van der Waals surface area contributed by atoms with E-state index in [1.54, 1.807) is 24.3 Å². The molecule has 1 aliphatic carbocycles. The second-order valence-electron chi connectivity index (χ2n) is 3.73. The van der Waals surface area contributed by atoms with Crippen molar-refractivity contribution in [2.45, 2.75) is 0 Å². The highest BCUT2D eigenvalue weighted by Gasteiger charge is 2.25. The molecule has 2 heteroatoms. The number of rotatable bonds is 0. The summed E-state index contributed by atoms with van der Waals surface area (Å²) in [7, 11) is 0. The van der Waals surface area contributed by atoms with E-state index in [1.165, 1.54) is 0 Å². The lowest BCUT2D eigenvalue weighted by Crippen LogP contribution is -1.81. The Labute approximate surface area is 91.9 Å². The highest BCUT2D eigenvalue weighted by atomic mass is 19.3. The minimum absolute atomic E-state index is 0.0752. The normalized spacial score (nSPS) is 12.2. The minimum atomic E-state index is -1.61. The van der Waals surface area contributed by atoms with Gasteiger partial charge in [-0.05, 0) is 22.3 Å². The molecular formula is C14H8F2. The van der Waals surface area contributed by atoms with Crippen LogP contribution in [0.4, 0.5) is 8.78 Å². The number of halogens is 2. The van der Waals surface area contributed by atoms with Gasteiger partial charge in [0.05, 0.1) is 5.57 Å². The lowest BCUT2D eigenvalue weighted by atomic mass is 10.1. The second-order valence-corrected chi connectivity index (χ2v) is 3.73. The maximum absolute atomic E-state index is 13.0. The van der Waals surface area contributed by atoms with Crippen LogP contribution in [0.2, 0.25) is 0 Å². The van der Waals surface area contributed by atoms with Crippen LogP contribution in [0.25, 0.3) is 16.7 Å². The Morgan fingerprint density at radius 3 is 1.38 bits per heavy atom. The fraction of sp³-hybridized carbons (Fsp3) is 0. The van der Waals surface area contributed by atoms with Crippen molar-refractivity contribution in [3.05, 3.63) is 65.7 Å². The van der Waals surface area contributed by atoms with Gasteiger partial charge in [-0.2, -0.15) is 8.78 Å². The van der Waals surface area contributed by atoms with Crippen LogP contribution in [-0.4, -0.2) is 0 Å². The summed E-state index contributed by atoms with van der Waals surface area (Å²) in [4.78, 5) is 0. The predicted octanol–water partition coefficient (Wildman–Crippen LogP) is 4.32. The maximum Gasteiger partial charge on any atom is 0.278 e. The van der Waals surface area contributed by atoms with Gasteiger partial charge in [-0.1, -0.05) is 48.5 Å². The zero-order valence-electron chi connectivity index (χ0n) is 8.37. The van der Waals surface area contributed by atoms with Crippen molar-refractivity contribution in [3.8, 4) is 11.1 Å². The van der Waals surface area contributed by atoms with Gasteiger partial charge in [-0.3, -0.25) is 0 Å². The summed E-state index contributed by atoms with van der Waals surface area (Å²) in [5.74, 6) is 0. The maximum atomic E-state index is 13.0. The molecule has 0 saturated heterocycles. The second kappa shape index (κ2) is 3.27. The van der Waals surface area contributed by atoms with E-state index < -0.39 is 6.08 Å². The Balaban J connectivity index is 2.44. The van der Waals surface area contributed by atoms with Crippen molar-refractivity contribution in [1.29, 1.82) is 0 Å². The van der Waals surface area contributed by atoms with Gasteiger partial charge in [0.2, 0.25) is 0 Å². The quantitative estimate of drug-likeness (QED) is 0.522. The van der Waals surface area contributed by atoms with E-state index in [2.05, 4.69) is 0 Å². The molecule has 0 unspecified atom stereocenters. The van der Waals surface area contributed by atoms with E-state index in [4.69, 9.17) is 0 Å². The predicted molar refractivity (Wildman–Crippen MR) is 60.1 cm³/mol. The van der Waals surface area contributed by atoms with Crippen LogP contribution < -0.4 is 0 Å². The molecule has 0 amide bonds. The lowest BCUT2D eigenvalue weighted by molar-refractivity contribution is 0.426. The van der Waals surface area contributed by atoms with Crippen LogP contribution in [0, 0.1) is 0 Å². The molecule has 0 nitrogen and oxygen atoms in total. The van der Waals surface area contributed by atoms with Crippen LogP contribution >= 0.6 is 0 Å². The van der Waals surface area contributed by atoms with Crippen LogP contribution in [-0.2, 0) is 0 Å². The summed E-state index contributed by atoms with van der Waals surface area (Å²) in [6, 6.07) is 14.5. The number of hydrogen-bond donors (Lipinski definition) is 0. The molecule has 0 radical (unpaired) electrons. The van der Waals surface area contributed by atoms with Crippen LogP contribution in [0.3, 0.4) is 0 Å². The zero-order chi connectivity index (χ0) is 11.1. The molecule has 78 valence electrons. The van der Waals surface area contributed by atoms with Gasteiger partial charge in [-0.15, -0.1) is 0 Å². The summed E-state index contributed by atoms with van der Waals surface area (Å²) >= 11 is 0. The monoisotopic (exact) mass is 214 g/mol. The first-order valence-electron chi connectivity index (χ1n) is 5.03. The van der Waals surface area contributed by atoms with Crippen molar-refractivity contribution in [2.75, 3.05) is 0 Å². The SMILES string of the molecule is FC(F)=C1c2ccccc2-c2ccccc21. The molecule has 0 saturated carbocycles. The van der Waals surface area contributed by atoms with E-state index in [9.17, 15) is 8.78 Å². The van der Waals surface area contributed by atoms with Gasteiger partial charge in [0.1, 0.15) is 0 Å². The third kappa shape index (κ3) is 1.13. The molecule has 0 fully saturated rings. The minimum Gasteiger partial charge on any atom is -0.173 e. The highest BCUT2D eigenvalue weighted by Crippen LogP contribution is 2.45. The Bertz CT molecular complexity index is 546. The van der Waals surface area contributed by atoms with Gasteiger partial charge in [0.25, 0.3) is 6.08 Å². The van der Waals surface area contributed by atoms with E-state index in [0.717, 1.165) is 11.1 Å². The van der Waals surface area contributed by atoms with E-state index in [0.29, 0.717) is 11.1 Å². The van der Waals surface area contributed by atoms with Crippen molar-refractivity contribution in [3.63, 3.8) is 0 Å². The fourth-order valence-corrected chi connectivity index (χ4v) is 2.22. The smallest absolute Gasteiger partial charge is 0.173 e. The molecule has 3 rings (SSSR count). The third-order valence-electron chi connectivity index (χ3n) is 2.87. The first kappa shape index (κ1) is 9.28. The first-order valence-corrected chi connectivity index (χ1v) is 5.03. The summed E-state index contributed by atoms with van der Waals surface area (Å²) in [6.07, 6.45) is -1.61. The Morgan fingerprint density at radius 2 is 1.00 bits per heavy atom. The number of fused-ring (bicyclic) bond motifs is 3. The molecule has 0 bridgehead atoms. The standard InChI is InChI=1S/C14H8F2/c15-14(16)13-11-7-3-1-5-9(11)10-6-2-4-8-12(10)13/h1-8H. The van der Waals surface area contributed by atoms with Gasteiger partial charge >= 0.3 is 0 Å². The summed E-state index contributed by atoms with van der Waals surface area (Å²) in [5.41, 5.74) is 3.11. The molecule has 0 aromatic heterocycles. The van der Waals surface area contributed by atoms with Crippen molar-refractivity contribution >= 4 is 5.57 Å². The van der Waals surface area contributed by atoms with E-state index in [-0.39, 0.29) is 5.57 Å². The third-order valence-corrected chi connectivity index (χ3v) is 2.87. The number of hydrogen-bond acceptors (Lipinski definition) is 0. The summed E-state index contributed by atoms with van der Waals surface area (Å²) in [6.45, 7) is 0. The molecule has 0 spiro atoms. The van der Waals surface area contributed by atoms with Crippen molar-refractivity contribution < 1.29 is 8.78 Å². The Kier molecular flexibility index (Phi) is 1.90. The highest BCUT2D eigenvalue weighted by molar-refractivity contribution is 6.01. The van der Waals surface area contributed by atoms with Crippen molar-refractivity contribution in [1.82, 2.24) is 0 Å². The van der Waals surface area contributed by atoms with Gasteiger partial charge < -0.3 is 0 Å². The average Bonchev–Trinajstić information content (AvgIpc) is 2.63. The van der Waals surface area contributed by atoms with Gasteiger partial charge in [0, 0.05) is 0 Å². The molecule has 0 heterocycles. The molecule has 0 atom stereocenters. The Hall–Kier alpha value is -1.96. The van der Waals surface area contributed by atoms with E-state index >= 15 is 0 Å². The van der Waals surface area contributed by atoms with Crippen LogP contribution in [0.5, 0.6) is 0 Å². The van der Waals surface area contributed by atoms with E-state index in [1.807, 2.05) is 24.3 Å². The van der Waals surface area contributed by atoms with Gasteiger partial charge in [0.15, 0.2) is 0 Å². The summed E-state index contributed by atoms with van der Waals surface area (Å²) < 4.78 is 26.0. The molecule has 0 N–H and O–H groups in total.